The van der Waals surface area contributed by atoms with E-state index in [1.54, 1.807) is 6.92 Å². The molecular weight excluding hydrogens is 438 g/mol. The van der Waals surface area contributed by atoms with Crippen LogP contribution in [0.3, 0.4) is 0 Å². The quantitative estimate of drug-likeness (QED) is 0.265. The third-order valence-electron chi connectivity index (χ3n) is 6.81. The SMILES string of the molecule is CC(/C=C/[C@@H]1C[C@]2(CO2)C[C@@H](CC(=O)O)O1)=C\C[C@@H]1O[C@H](C)[C@H](NC(=O)/C=C\[C@H](C)O)C[C@@H]1C. The van der Waals surface area contributed by atoms with Gasteiger partial charge in [-0.1, -0.05) is 36.8 Å². The molecule has 1 spiro atoms. The van der Waals surface area contributed by atoms with Crippen LogP contribution in [-0.2, 0) is 23.8 Å². The van der Waals surface area contributed by atoms with Crippen LogP contribution in [0.1, 0.15) is 59.8 Å². The van der Waals surface area contributed by atoms with Crippen LogP contribution in [0.2, 0.25) is 0 Å². The van der Waals surface area contributed by atoms with E-state index in [0.717, 1.165) is 24.8 Å². The number of amides is 1. The summed E-state index contributed by atoms with van der Waals surface area (Å²) >= 11 is 0. The minimum Gasteiger partial charge on any atom is -0.481 e. The van der Waals surface area contributed by atoms with Gasteiger partial charge in [0.1, 0.15) is 0 Å². The molecule has 0 aromatic heterocycles. The fourth-order valence-electron chi connectivity index (χ4n) is 4.77. The Labute approximate surface area is 202 Å². The molecule has 0 aromatic carbocycles. The van der Waals surface area contributed by atoms with Crippen LogP contribution in [0.4, 0.5) is 0 Å². The first-order valence-corrected chi connectivity index (χ1v) is 12.2. The number of carboxylic acids is 1. The number of rotatable bonds is 9. The summed E-state index contributed by atoms with van der Waals surface area (Å²) in [6.45, 7) is 8.42. The van der Waals surface area contributed by atoms with Crippen molar-refractivity contribution in [3.63, 3.8) is 0 Å². The van der Waals surface area contributed by atoms with Gasteiger partial charge in [0.2, 0.25) is 5.91 Å². The number of carbonyl (C=O) groups is 2. The van der Waals surface area contributed by atoms with Crippen LogP contribution in [0, 0.1) is 5.92 Å². The Hall–Kier alpha value is -2.00. The average Bonchev–Trinajstić information content (AvgIpc) is 3.49. The molecule has 34 heavy (non-hydrogen) atoms. The normalized spacial score (nSPS) is 37.3. The van der Waals surface area contributed by atoms with E-state index in [9.17, 15) is 14.7 Å². The van der Waals surface area contributed by atoms with Gasteiger partial charge in [-0.2, -0.15) is 0 Å². The minimum atomic E-state index is -0.852. The van der Waals surface area contributed by atoms with Gasteiger partial charge >= 0.3 is 5.97 Å². The Bertz CT molecular complexity index is 814. The van der Waals surface area contributed by atoms with E-state index in [1.165, 1.54) is 12.2 Å². The standard InChI is InChI=1S/C26H39NO7/c1-16(5-8-20-13-26(15-32-26)14-21(34-20)12-25(30)31)6-9-23-17(2)11-22(19(4)33-23)27-24(29)10-7-18(3)28/h5-8,10,17-23,28H,9,11-15H2,1-4H3,(H,27,29)(H,30,31)/b8-5+,10-7-,16-6+/t17-,18-,19+,20+,21+,22+,23-,26+/m0/s1. The van der Waals surface area contributed by atoms with Gasteiger partial charge in [0.05, 0.1) is 55.2 Å². The highest BCUT2D eigenvalue weighted by Crippen LogP contribution is 2.43. The molecule has 3 saturated heterocycles. The summed E-state index contributed by atoms with van der Waals surface area (Å²) < 4.78 is 17.8. The Morgan fingerprint density at radius 3 is 2.59 bits per heavy atom. The molecule has 3 aliphatic rings. The monoisotopic (exact) mass is 477 g/mol. The van der Waals surface area contributed by atoms with Crippen molar-refractivity contribution in [3.05, 3.63) is 36.0 Å². The molecule has 3 rings (SSSR count). The van der Waals surface area contributed by atoms with Gasteiger partial charge in [-0.15, -0.1) is 0 Å². The van der Waals surface area contributed by atoms with E-state index in [4.69, 9.17) is 19.3 Å². The van der Waals surface area contributed by atoms with Crippen LogP contribution in [0.5, 0.6) is 0 Å². The topological polar surface area (TPSA) is 118 Å². The molecule has 3 heterocycles. The minimum absolute atomic E-state index is 0.00233. The van der Waals surface area contributed by atoms with Crippen LogP contribution < -0.4 is 5.32 Å². The number of aliphatic hydroxyl groups is 1. The molecule has 3 fully saturated rings. The van der Waals surface area contributed by atoms with Crippen molar-refractivity contribution >= 4 is 11.9 Å². The molecule has 0 aliphatic carbocycles. The van der Waals surface area contributed by atoms with E-state index >= 15 is 0 Å². The van der Waals surface area contributed by atoms with Gasteiger partial charge in [-0.25, -0.2) is 0 Å². The number of hydrogen-bond donors (Lipinski definition) is 3. The molecule has 8 atom stereocenters. The van der Waals surface area contributed by atoms with Crippen LogP contribution in [-0.4, -0.2) is 70.9 Å². The third-order valence-corrected chi connectivity index (χ3v) is 6.81. The lowest BCUT2D eigenvalue weighted by atomic mass is 9.88. The third kappa shape index (κ3) is 8.05. The zero-order valence-electron chi connectivity index (χ0n) is 20.6. The van der Waals surface area contributed by atoms with Crippen molar-refractivity contribution in [3.8, 4) is 0 Å². The fourth-order valence-corrected chi connectivity index (χ4v) is 4.77. The number of epoxide rings is 1. The molecule has 8 heteroatoms. The number of carboxylic acid groups (broad SMARTS) is 1. The van der Waals surface area contributed by atoms with E-state index < -0.39 is 12.1 Å². The Morgan fingerprint density at radius 1 is 1.21 bits per heavy atom. The molecular formula is C26H39NO7. The Morgan fingerprint density at radius 2 is 1.94 bits per heavy atom. The number of carbonyl (C=O) groups excluding carboxylic acids is 1. The van der Waals surface area contributed by atoms with Gasteiger partial charge in [-0.05, 0) is 39.5 Å². The summed E-state index contributed by atoms with van der Waals surface area (Å²) in [5.74, 6) is -0.794. The number of aliphatic carboxylic acids is 1. The van der Waals surface area contributed by atoms with Gasteiger partial charge in [0.25, 0.3) is 0 Å². The summed E-state index contributed by atoms with van der Waals surface area (Å²) in [6.07, 6.45) is 10.8. The summed E-state index contributed by atoms with van der Waals surface area (Å²) in [7, 11) is 0. The number of allylic oxidation sites excluding steroid dienone is 2. The summed E-state index contributed by atoms with van der Waals surface area (Å²) in [5, 5.41) is 21.4. The lowest BCUT2D eigenvalue weighted by molar-refractivity contribution is -0.143. The van der Waals surface area contributed by atoms with E-state index in [-0.39, 0.29) is 54.3 Å². The maximum atomic E-state index is 12.1. The molecule has 1 amide bonds. The van der Waals surface area contributed by atoms with Gasteiger partial charge < -0.3 is 29.7 Å². The van der Waals surface area contributed by atoms with E-state index in [1.807, 2.05) is 26.0 Å². The molecule has 190 valence electrons. The van der Waals surface area contributed by atoms with Gasteiger partial charge in [0, 0.05) is 18.9 Å². The average molecular weight is 478 g/mol. The maximum absolute atomic E-state index is 12.1. The number of hydrogen-bond acceptors (Lipinski definition) is 6. The molecule has 0 unspecified atom stereocenters. The first-order valence-electron chi connectivity index (χ1n) is 12.2. The summed E-state index contributed by atoms with van der Waals surface area (Å²) in [4.78, 5) is 23.1. The summed E-state index contributed by atoms with van der Waals surface area (Å²) in [5.41, 5.74) is 0.891. The number of ether oxygens (including phenoxy) is 3. The fraction of sp³-hybridized carbons (Fsp3) is 0.692. The van der Waals surface area contributed by atoms with Gasteiger partial charge in [0.15, 0.2) is 0 Å². The van der Waals surface area contributed by atoms with Crippen molar-refractivity contribution in [1.29, 1.82) is 0 Å². The number of nitrogens with one attached hydrogen (secondary N) is 1. The smallest absolute Gasteiger partial charge is 0.305 e. The predicted molar refractivity (Wildman–Crippen MR) is 127 cm³/mol. The molecule has 0 aromatic rings. The van der Waals surface area contributed by atoms with Crippen LogP contribution in [0.15, 0.2) is 36.0 Å². The first-order chi connectivity index (χ1) is 16.0. The van der Waals surface area contributed by atoms with Crippen molar-refractivity contribution < 1.29 is 34.0 Å². The molecule has 8 nitrogen and oxygen atoms in total. The molecule has 0 radical (unpaired) electrons. The lowest BCUT2D eigenvalue weighted by Crippen LogP contribution is -2.50. The summed E-state index contributed by atoms with van der Waals surface area (Å²) in [6, 6.07) is -0.0680. The van der Waals surface area contributed by atoms with E-state index in [2.05, 4.69) is 18.3 Å². The van der Waals surface area contributed by atoms with Gasteiger partial charge in [-0.3, -0.25) is 9.59 Å². The highest BCUT2D eigenvalue weighted by atomic mass is 16.6. The molecule has 0 bridgehead atoms. The molecule has 3 aliphatic heterocycles. The second-order valence-corrected chi connectivity index (χ2v) is 10.1. The Balaban J connectivity index is 1.49. The van der Waals surface area contributed by atoms with Crippen molar-refractivity contribution in [2.45, 2.75) is 102 Å². The maximum Gasteiger partial charge on any atom is 0.305 e. The highest BCUT2D eigenvalue weighted by Gasteiger charge is 2.51. The molecule has 0 saturated carbocycles. The van der Waals surface area contributed by atoms with Crippen molar-refractivity contribution in [2.75, 3.05) is 6.61 Å². The lowest BCUT2D eigenvalue weighted by Gasteiger charge is -2.39. The van der Waals surface area contributed by atoms with Crippen LogP contribution >= 0.6 is 0 Å². The van der Waals surface area contributed by atoms with Crippen LogP contribution in [0.25, 0.3) is 0 Å². The zero-order chi connectivity index (χ0) is 24.9. The highest BCUT2D eigenvalue weighted by molar-refractivity contribution is 5.87. The number of aliphatic hydroxyl groups excluding tert-OH is 1. The predicted octanol–water partition coefficient (Wildman–Crippen LogP) is 2.91. The zero-order valence-corrected chi connectivity index (χ0v) is 20.6. The second-order valence-electron chi connectivity index (χ2n) is 10.1. The second kappa shape index (κ2) is 11.6. The largest absolute Gasteiger partial charge is 0.481 e. The van der Waals surface area contributed by atoms with Crippen molar-refractivity contribution in [1.82, 2.24) is 5.32 Å². The molecule has 3 N–H and O–H groups in total. The van der Waals surface area contributed by atoms with E-state index in [0.29, 0.717) is 13.0 Å². The first kappa shape index (κ1) is 26.6. The Kier molecular flexibility index (Phi) is 9.09. The van der Waals surface area contributed by atoms with Crippen molar-refractivity contribution in [2.24, 2.45) is 5.92 Å².